The number of benzene rings is 1. The van der Waals surface area contributed by atoms with E-state index in [9.17, 15) is 18.0 Å². The molecule has 0 aliphatic heterocycles. The molecule has 7 nitrogen and oxygen atoms in total. The summed E-state index contributed by atoms with van der Waals surface area (Å²) in [5.74, 6) is 0.313. The van der Waals surface area contributed by atoms with Crippen LogP contribution in [0, 0.1) is 0 Å². The van der Waals surface area contributed by atoms with Gasteiger partial charge < -0.3 is 25.4 Å². The highest BCUT2D eigenvalue weighted by Gasteiger charge is 2.27. The van der Waals surface area contributed by atoms with Gasteiger partial charge >= 0.3 is 6.18 Å². The summed E-state index contributed by atoms with van der Waals surface area (Å²) in [4.78, 5) is 16.1. The predicted octanol–water partition coefficient (Wildman–Crippen LogP) is 2.20. The predicted molar refractivity (Wildman–Crippen MR) is 115 cm³/mol. The monoisotopic (exact) mass is 532 g/mol. The van der Waals surface area contributed by atoms with E-state index in [0.29, 0.717) is 37.8 Å². The summed E-state index contributed by atoms with van der Waals surface area (Å²) in [7, 11) is 1.56. The van der Waals surface area contributed by atoms with Crippen molar-refractivity contribution >= 4 is 35.8 Å². The third-order valence-electron chi connectivity index (χ3n) is 3.37. The molecule has 0 saturated heterocycles. The zero-order chi connectivity index (χ0) is 20.8. The molecule has 0 radical (unpaired) electrons. The van der Waals surface area contributed by atoms with Gasteiger partial charge in [-0.15, -0.1) is 24.0 Å². The molecule has 0 aromatic heterocycles. The van der Waals surface area contributed by atoms with Crippen LogP contribution in [0.1, 0.15) is 18.1 Å². The molecule has 0 atom stereocenters. The topological polar surface area (TPSA) is 84.0 Å². The van der Waals surface area contributed by atoms with Gasteiger partial charge in [0, 0.05) is 20.2 Å². The fourth-order valence-electron chi connectivity index (χ4n) is 2.06. The molecule has 0 aliphatic rings. The number of guanidine groups is 1. The largest absolute Gasteiger partial charge is 0.411 e. The molecule has 0 unspecified atom stereocenters. The number of nitrogens with zero attached hydrogens (tertiary/aromatic N) is 1. The summed E-state index contributed by atoms with van der Waals surface area (Å²) in [5.41, 5.74) is 1.52. The molecule has 0 heterocycles. The van der Waals surface area contributed by atoms with Gasteiger partial charge in [-0.05, 0) is 18.1 Å². The maximum Gasteiger partial charge on any atom is 0.411 e. The summed E-state index contributed by atoms with van der Waals surface area (Å²) < 4.78 is 45.7. The maximum absolute atomic E-state index is 12.1. The van der Waals surface area contributed by atoms with E-state index in [1.165, 1.54) is 0 Å². The summed E-state index contributed by atoms with van der Waals surface area (Å²) in [6, 6.07) is 6.95. The second-order valence-electron chi connectivity index (χ2n) is 5.82. The fraction of sp³-hybridized carbons (Fsp3) is 0.556. The highest BCUT2D eigenvalue weighted by atomic mass is 127. The zero-order valence-electron chi connectivity index (χ0n) is 16.5. The molecule has 1 aromatic rings. The average Bonchev–Trinajstić information content (AvgIpc) is 2.64. The first-order valence-corrected chi connectivity index (χ1v) is 8.84. The van der Waals surface area contributed by atoms with Crippen molar-refractivity contribution in [3.63, 3.8) is 0 Å². The molecule has 1 aromatic carbocycles. The Hall–Kier alpha value is -1.60. The van der Waals surface area contributed by atoms with Crippen molar-refractivity contribution < 1.29 is 27.4 Å². The summed E-state index contributed by atoms with van der Waals surface area (Å²) in [6.45, 7) is 2.47. The van der Waals surface area contributed by atoms with Crippen molar-refractivity contribution in [1.29, 1.82) is 0 Å². The third kappa shape index (κ3) is 14.1. The van der Waals surface area contributed by atoms with Crippen molar-refractivity contribution in [3.8, 4) is 0 Å². The van der Waals surface area contributed by atoms with Gasteiger partial charge in [0.15, 0.2) is 5.96 Å². The van der Waals surface area contributed by atoms with Crippen molar-refractivity contribution in [2.45, 2.75) is 26.3 Å². The first-order chi connectivity index (χ1) is 13.3. The standard InChI is InChI=1S/C18H27F3N4O3.HI/c1-3-22-17(25-11-16(26)23-8-9-27-2)24-10-14-4-6-15(7-5-14)12-28-13-18(19,20)21;/h4-7H,3,8-13H2,1-2H3,(H,23,26)(H2,22,24,25);1H. The van der Waals surface area contributed by atoms with Crippen LogP contribution in [0.3, 0.4) is 0 Å². The van der Waals surface area contributed by atoms with Gasteiger partial charge in [0.2, 0.25) is 5.91 Å². The Labute approximate surface area is 185 Å². The van der Waals surface area contributed by atoms with E-state index < -0.39 is 12.8 Å². The molecular formula is C18H28F3IN4O3. The quantitative estimate of drug-likeness (QED) is 0.176. The number of ether oxygens (including phenoxy) is 2. The second kappa shape index (κ2) is 15.3. The number of methoxy groups -OCH3 is 1. The van der Waals surface area contributed by atoms with Gasteiger partial charge in [-0.25, -0.2) is 4.99 Å². The van der Waals surface area contributed by atoms with E-state index in [-0.39, 0.29) is 43.0 Å². The Morgan fingerprint density at radius 2 is 1.76 bits per heavy atom. The van der Waals surface area contributed by atoms with Crippen LogP contribution in [0.4, 0.5) is 13.2 Å². The van der Waals surface area contributed by atoms with Crippen LogP contribution in [-0.4, -0.2) is 58.0 Å². The third-order valence-corrected chi connectivity index (χ3v) is 3.37. The van der Waals surface area contributed by atoms with E-state index in [0.717, 1.165) is 5.56 Å². The molecule has 1 amide bonds. The first kappa shape index (κ1) is 27.4. The van der Waals surface area contributed by atoms with Crippen molar-refractivity contribution in [3.05, 3.63) is 35.4 Å². The van der Waals surface area contributed by atoms with Gasteiger partial charge in [-0.1, -0.05) is 24.3 Å². The van der Waals surface area contributed by atoms with Crippen molar-refractivity contribution in [1.82, 2.24) is 16.0 Å². The highest BCUT2D eigenvalue weighted by molar-refractivity contribution is 14.0. The molecule has 29 heavy (non-hydrogen) atoms. The molecule has 11 heteroatoms. The van der Waals surface area contributed by atoms with Crippen LogP contribution < -0.4 is 16.0 Å². The zero-order valence-corrected chi connectivity index (χ0v) is 18.8. The Morgan fingerprint density at radius 3 is 2.34 bits per heavy atom. The van der Waals surface area contributed by atoms with Gasteiger partial charge in [-0.2, -0.15) is 13.2 Å². The first-order valence-electron chi connectivity index (χ1n) is 8.84. The number of halogens is 4. The Kier molecular flexibility index (Phi) is 14.4. The van der Waals surface area contributed by atoms with E-state index >= 15 is 0 Å². The summed E-state index contributed by atoms with van der Waals surface area (Å²) in [6.07, 6.45) is -4.33. The number of amides is 1. The van der Waals surface area contributed by atoms with Crippen LogP contribution in [0.25, 0.3) is 0 Å². The average molecular weight is 532 g/mol. The van der Waals surface area contributed by atoms with Crippen LogP contribution in [0.2, 0.25) is 0 Å². The second-order valence-corrected chi connectivity index (χ2v) is 5.82. The molecular weight excluding hydrogens is 504 g/mol. The Morgan fingerprint density at radius 1 is 1.10 bits per heavy atom. The van der Waals surface area contributed by atoms with Crippen LogP contribution >= 0.6 is 24.0 Å². The van der Waals surface area contributed by atoms with Gasteiger partial charge in [-0.3, -0.25) is 4.79 Å². The molecule has 0 bridgehead atoms. The maximum atomic E-state index is 12.1. The minimum absolute atomic E-state index is 0. The molecule has 1 rings (SSSR count). The highest BCUT2D eigenvalue weighted by Crippen LogP contribution is 2.16. The minimum atomic E-state index is -4.33. The van der Waals surface area contributed by atoms with Crippen LogP contribution in [0.5, 0.6) is 0 Å². The van der Waals surface area contributed by atoms with Gasteiger partial charge in [0.05, 0.1) is 26.3 Å². The van der Waals surface area contributed by atoms with Gasteiger partial charge in [0.25, 0.3) is 0 Å². The number of alkyl halides is 3. The molecule has 166 valence electrons. The number of rotatable bonds is 11. The molecule has 0 aliphatic carbocycles. The molecule has 0 fully saturated rings. The SMILES string of the molecule is CCNC(=NCc1ccc(COCC(F)(F)F)cc1)NCC(=O)NCCOC.I. The summed E-state index contributed by atoms with van der Waals surface area (Å²) in [5, 5.41) is 8.66. The lowest BCUT2D eigenvalue weighted by molar-refractivity contribution is -0.176. The lowest BCUT2D eigenvalue weighted by atomic mass is 10.1. The number of hydrogen-bond donors (Lipinski definition) is 3. The van der Waals surface area contributed by atoms with Crippen LogP contribution in [0.15, 0.2) is 29.3 Å². The van der Waals surface area contributed by atoms with Gasteiger partial charge in [0.1, 0.15) is 6.61 Å². The normalized spacial score (nSPS) is 11.6. The number of carbonyl (C=O) groups is 1. The molecule has 3 N–H and O–H groups in total. The molecule has 0 saturated carbocycles. The van der Waals surface area contributed by atoms with E-state index in [1.54, 1.807) is 31.4 Å². The van der Waals surface area contributed by atoms with E-state index in [1.807, 2.05) is 6.92 Å². The summed E-state index contributed by atoms with van der Waals surface area (Å²) >= 11 is 0. The van der Waals surface area contributed by atoms with Crippen LogP contribution in [-0.2, 0) is 27.4 Å². The lowest BCUT2D eigenvalue weighted by Crippen LogP contribution is -2.43. The fourth-order valence-corrected chi connectivity index (χ4v) is 2.06. The smallest absolute Gasteiger partial charge is 0.383 e. The van der Waals surface area contributed by atoms with E-state index in [4.69, 9.17) is 4.74 Å². The van der Waals surface area contributed by atoms with Crippen molar-refractivity contribution in [2.24, 2.45) is 4.99 Å². The lowest BCUT2D eigenvalue weighted by Gasteiger charge is -2.11. The minimum Gasteiger partial charge on any atom is -0.383 e. The number of aliphatic imine (C=N–C) groups is 1. The Bertz CT molecular complexity index is 613. The Balaban J connectivity index is 0.00000784. The van der Waals surface area contributed by atoms with E-state index in [2.05, 4.69) is 25.7 Å². The van der Waals surface area contributed by atoms with Crippen molar-refractivity contribution in [2.75, 3.05) is 40.0 Å². The number of nitrogens with one attached hydrogen (secondary N) is 3. The number of hydrogen-bond acceptors (Lipinski definition) is 4. The number of carbonyl (C=O) groups excluding carboxylic acids is 1. The molecule has 0 spiro atoms.